The summed E-state index contributed by atoms with van der Waals surface area (Å²) in [6.45, 7) is 2.06. The van der Waals surface area contributed by atoms with Crippen molar-refractivity contribution in [3.63, 3.8) is 0 Å². The third kappa shape index (κ3) is 3.80. The predicted octanol–water partition coefficient (Wildman–Crippen LogP) is -1.22. The molecule has 0 aliphatic carbocycles. The Kier molecular flexibility index (Phi) is 5.24. The quantitative estimate of drug-likeness (QED) is 0.575. The Morgan fingerprint density at radius 1 is 1.56 bits per heavy atom. The van der Waals surface area contributed by atoms with Crippen molar-refractivity contribution in [1.82, 2.24) is 14.5 Å². The fraction of sp³-hybridized carbons (Fsp3) is 0.700. The van der Waals surface area contributed by atoms with Crippen LogP contribution >= 0.6 is 0 Å². The van der Waals surface area contributed by atoms with E-state index in [1.807, 2.05) is 0 Å². The van der Waals surface area contributed by atoms with E-state index in [0.717, 1.165) is 0 Å². The molecule has 0 fully saturated rings. The molecule has 0 saturated carbocycles. The van der Waals surface area contributed by atoms with Crippen LogP contribution < -0.4 is 11.0 Å². The van der Waals surface area contributed by atoms with Crippen molar-refractivity contribution in [3.05, 3.63) is 22.9 Å². The molecule has 1 rings (SSSR count). The Morgan fingerprint density at radius 2 is 2.31 bits per heavy atom. The fourth-order valence-corrected chi connectivity index (χ4v) is 1.38. The maximum absolute atomic E-state index is 11.5. The first-order valence-corrected chi connectivity index (χ1v) is 5.24. The molecule has 1 atom stereocenters. The van der Waals surface area contributed by atoms with Gasteiger partial charge in [-0.1, -0.05) is 0 Å². The van der Waals surface area contributed by atoms with Crippen LogP contribution in [0.25, 0.3) is 0 Å². The van der Waals surface area contributed by atoms with Gasteiger partial charge in [0, 0.05) is 39.6 Å². The van der Waals surface area contributed by atoms with Crippen molar-refractivity contribution < 1.29 is 9.84 Å². The number of nitrogens with zero attached hydrogens (tertiary/aromatic N) is 2. The smallest absolute Gasteiger partial charge is 0.327 e. The molecule has 2 N–H and O–H groups in total. The summed E-state index contributed by atoms with van der Waals surface area (Å²) in [6.07, 6.45) is 2.77. The highest BCUT2D eigenvalue weighted by atomic mass is 16.5. The molecular formula is C10H19N3O3. The van der Waals surface area contributed by atoms with Gasteiger partial charge < -0.3 is 19.7 Å². The summed E-state index contributed by atoms with van der Waals surface area (Å²) in [5, 5.41) is 12.7. The van der Waals surface area contributed by atoms with Crippen LogP contribution in [0.3, 0.4) is 0 Å². The van der Waals surface area contributed by atoms with Gasteiger partial charge in [-0.2, -0.15) is 0 Å². The molecule has 0 aliphatic heterocycles. The molecule has 1 aromatic rings. The molecule has 0 spiro atoms. The Morgan fingerprint density at radius 3 is 2.88 bits per heavy atom. The van der Waals surface area contributed by atoms with E-state index < -0.39 is 6.10 Å². The molecule has 92 valence electrons. The van der Waals surface area contributed by atoms with Crippen molar-refractivity contribution in [2.45, 2.75) is 12.6 Å². The normalized spacial score (nSPS) is 12.9. The third-order valence-corrected chi connectivity index (χ3v) is 2.29. The average Bonchev–Trinajstić information content (AvgIpc) is 2.56. The number of hydrogen-bond donors (Lipinski definition) is 2. The zero-order chi connectivity index (χ0) is 12.0. The van der Waals surface area contributed by atoms with Crippen LogP contribution in [-0.2, 0) is 18.3 Å². The summed E-state index contributed by atoms with van der Waals surface area (Å²) in [5.41, 5.74) is -0.115. The van der Waals surface area contributed by atoms with E-state index in [0.29, 0.717) is 26.2 Å². The van der Waals surface area contributed by atoms with Crippen molar-refractivity contribution >= 4 is 0 Å². The first kappa shape index (κ1) is 13.0. The minimum absolute atomic E-state index is 0.115. The molecule has 0 aromatic carbocycles. The van der Waals surface area contributed by atoms with Gasteiger partial charge in [-0.15, -0.1) is 0 Å². The number of aliphatic hydroxyl groups excluding tert-OH is 1. The Labute approximate surface area is 94.5 Å². The van der Waals surface area contributed by atoms with E-state index in [2.05, 4.69) is 5.32 Å². The molecule has 16 heavy (non-hydrogen) atoms. The lowest BCUT2D eigenvalue weighted by molar-refractivity contribution is 0.142. The van der Waals surface area contributed by atoms with Crippen molar-refractivity contribution in [3.8, 4) is 0 Å². The summed E-state index contributed by atoms with van der Waals surface area (Å²) in [7, 11) is 3.31. The predicted molar refractivity (Wildman–Crippen MR) is 60.4 cm³/mol. The summed E-state index contributed by atoms with van der Waals surface area (Å²) >= 11 is 0. The molecule has 0 radical (unpaired) electrons. The lowest BCUT2D eigenvalue weighted by Crippen LogP contribution is -2.35. The number of rotatable bonds is 7. The fourth-order valence-electron chi connectivity index (χ4n) is 1.38. The molecule has 1 unspecified atom stereocenters. The topological polar surface area (TPSA) is 68.4 Å². The molecule has 0 aliphatic rings. The minimum atomic E-state index is -0.572. The largest absolute Gasteiger partial charge is 0.390 e. The van der Waals surface area contributed by atoms with Gasteiger partial charge in [0.15, 0.2) is 0 Å². The van der Waals surface area contributed by atoms with Gasteiger partial charge in [0.25, 0.3) is 0 Å². The number of imidazole rings is 1. The van der Waals surface area contributed by atoms with Gasteiger partial charge in [-0.05, 0) is 0 Å². The highest BCUT2D eigenvalue weighted by molar-refractivity contribution is 4.81. The monoisotopic (exact) mass is 229 g/mol. The average molecular weight is 229 g/mol. The lowest BCUT2D eigenvalue weighted by Gasteiger charge is -2.11. The molecular weight excluding hydrogens is 210 g/mol. The zero-order valence-corrected chi connectivity index (χ0v) is 9.72. The summed E-state index contributed by atoms with van der Waals surface area (Å²) in [5.74, 6) is 0. The molecule has 0 amide bonds. The lowest BCUT2D eigenvalue weighted by atomic mass is 10.3. The van der Waals surface area contributed by atoms with Gasteiger partial charge in [-0.25, -0.2) is 4.79 Å². The number of nitrogens with one attached hydrogen (secondary N) is 1. The number of aliphatic hydroxyl groups is 1. The first-order valence-electron chi connectivity index (χ1n) is 5.24. The van der Waals surface area contributed by atoms with Gasteiger partial charge >= 0.3 is 5.69 Å². The van der Waals surface area contributed by atoms with Gasteiger partial charge in [0.1, 0.15) is 0 Å². The first-order chi connectivity index (χ1) is 7.65. The summed E-state index contributed by atoms with van der Waals surface area (Å²) in [4.78, 5) is 11.5. The van der Waals surface area contributed by atoms with E-state index >= 15 is 0 Å². The number of aromatic nitrogens is 2. The van der Waals surface area contributed by atoms with Crippen molar-refractivity contribution in [2.75, 3.05) is 26.8 Å². The Bertz CT molecular complexity index is 358. The number of hydrogen-bond acceptors (Lipinski definition) is 4. The second kappa shape index (κ2) is 6.47. The highest BCUT2D eigenvalue weighted by Gasteiger charge is 2.07. The second-order valence-electron chi connectivity index (χ2n) is 3.69. The number of aryl methyl sites for hydroxylation is 1. The van der Waals surface area contributed by atoms with Crippen molar-refractivity contribution in [2.24, 2.45) is 7.05 Å². The van der Waals surface area contributed by atoms with Crippen LogP contribution in [0.4, 0.5) is 0 Å². The standard InChI is InChI=1S/C10H19N3O3/c1-12-4-5-13(10(12)15)8-9(14)7-11-3-6-16-2/h4-5,9,11,14H,3,6-8H2,1-2H3. The van der Waals surface area contributed by atoms with E-state index in [4.69, 9.17) is 4.74 Å². The molecule has 6 heteroatoms. The number of ether oxygens (including phenoxy) is 1. The third-order valence-electron chi connectivity index (χ3n) is 2.29. The van der Waals surface area contributed by atoms with E-state index in [-0.39, 0.29) is 5.69 Å². The Balaban J connectivity index is 2.31. The SMILES string of the molecule is COCCNCC(O)Cn1ccn(C)c1=O. The maximum Gasteiger partial charge on any atom is 0.327 e. The van der Waals surface area contributed by atoms with Crippen LogP contribution in [0.15, 0.2) is 17.2 Å². The van der Waals surface area contributed by atoms with Crippen LogP contribution in [0, 0.1) is 0 Å². The van der Waals surface area contributed by atoms with Crippen LogP contribution in [-0.4, -0.2) is 47.2 Å². The molecule has 0 saturated heterocycles. The molecule has 0 bridgehead atoms. The summed E-state index contributed by atoms with van der Waals surface area (Å²) in [6, 6.07) is 0. The molecule has 1 aromatic heterocycles. The van der Waals surface area contributed by atoms with Crippen LogP contribution in [0.5, 0.6) is 0 Å². The molecule has 1 heterocycles. The second-order valence-corrected chi connectivity index (χ2v) is 3.69. The summed E-state index contributed by atoms with van der Waals surface area (Å²) < 4.78 is 7.83. The number of methoxy groups -OCH3 is 1. The van der Waals surface area contributed by atoms with Gasteiger partial charge in [0.2, 0.25) is 0 Å². The zero-order valence-electron chi connectivity index (χ0n) is 9.72. The van der Waals surface area contributed by atoms with E-state index in [1.54, 1.807) is 26.6 Å². The van der Waals surface area contributed by atoms with E-state index in [1.165, 1.54) is 9.13 Å². The van der Waals surface area contributed by atoms with Crippen LogP contribution in [0.2, 0.25) is 0 Å². The minimum Gasteiger partial charge on any atom is -0.390 e. The highest BCUT2D eigenvalue weighted by Crippen LogP contribution is 1.88. The Hall–Kier alpha value is -1.11. The van der Waals surface area contributed by atoms with Crippen LogP contribution in [0.1, 0.15) is 0 Å². The van der Waals surface area contributed by atoms with E-state index in [9.17, 15) is 9.90 Å². The van der Waals surface area contributed by atoms with Gasteiger partial charge in [-0.3, -0.25) is 4.57 Å². The maximum atomic E-state index is 11.5. The van der Waals surface area contributed by atoms with Crippen molar-refractivity contribution in [1.29, 1.82) is 0 Å². The molecule has 6 nitrogen and oxygen atoms in total. The van der Waals surface area contributed by atoms with Gasteiger partial charge in [0.05, 0.1) is 19.3 Å².